The van der Waals surface area contributed by atoms with Crippen molar-refractivity contribution in [3.8, 4) is 0 Å². The van der Waals surface area contributed by atoms with Crippen LogP contribution in [0.4, 0.5) is 5.69 Å². The Morgan fingerprint density at radius 3 is 2.36 bits per heavy atom. The molecule has 0 saturated heterocycles. The highest BCUT2D eigenvalue weighted by Crippen LogP contribution is 2.24. The van der Waals surface area contributed by atoms with E-state index < -0.39 is 5.97 Å². The van der Waals surface area contributed by atoms with Crippen LogP contribution in [0, 0.1) is 13.8 Å². The number of nitrogens with one attached hydrogen (secondary N) is 1. The van der Waals surface area contributed by atoms with Crippen molar-refractivity contribution in [3.63, 3.8) is 0 Å². The standard InChI is InChI=1S/C18H19NO3/c1-4-22-18(21)16-13(3)12(2)10-11-15(16)19-17(20)14-8-6-5-7-9-14/h5-11H,4H2,1-3H3,(H,19,20). The molecule has 1 N–H and O–H groups in total. The largest absolute Gasteiger partial charge is 0.462 e. The Kier molecular flexibility index (Phi) is 4.94. The second-order valence-corrected chi connectivity index (χ2v) is 4.97. The fraction of sp³-hybridized carbons (Fsp3) is 0.222. The molecule has 0 bridgehead atoms. The highest BCUT2D eigenvalue weighted by Gasteiger charge is 2.19. The normalized spacial score (nSPS) is 10.1. The second kappa shape index (κ2) is 6.89. The fourth-order valence-corrected chi connectivity index (χ4v) is 2.17. The van der Waals surface area contributed by atoms with Crippen molar-refractivity contribution in [1.82, 2.24) is 0 Å². The molecule has 2 aromatic carbocycles. The van der Waals surface area contributed by atoms with Crippen LogP contribution in [-0.2, 0) is 4.74 Å². The number of hydrogen-bond acceptors (Lipinski definition) is 3. The van der Waals surface area contributed by atoms with Gasteiger partial charge in [-0.3, -0.25) is 4.79 Å². The first-order valence-corrected chi connectivity index (χ1v) is 7.18. The number of benzene rings is 2. The van der Waals surface area contributed by atoms with Crippen LogP contribution in [0.1, 0.15) is 38.8 Å². The van der Waals surface area contributed by atoms with E-state index >= 15 is 0 Å². The van der Waals surface area contributed by atoms with Crippen LogP contribution in [0.2, 0.25) is 0 Å². The van der Waals surface area contributed by atoms with E-state index in [1.54, 1.807) is 37.3 Å². The summed E-state index contributed by atoms with van der Waals surface area (Å²) in [5.74, 6) is -0.679. The molecule has 1 amide bonds. The Morgan fingerprint density at radius 1 is 1.05 bits per heavy atom. The van der Waals surface area contributed by atoms with Crippen LogP contribution >= 0.6 is 0 Å². The molecule has 22 heavy (non-hydrogen) atoms. The monoisotopic (exact) mass is 297 g/mol. The van der Waals surface area contributed by atoms with E-state index in [-0.39, 0.29) is 12.5 Å². The van der Waals surface area contributed by atoms with Crippen molar-refractivity contribution in [2.75, 3.05) is 11.9 Å². The highest BCUT2D eigenvalue weighted by molar-refractivity contribution is 6.08. The smallest absolute Gasteiger partial charge is 0.340 e. The molecule has 0 fully saturated rings. The van der Waals surface area contributed by atoms with Gasteiger partial charge in [0.1, 0.15) is 0 Å². The van der Waals surface area contributed by atoms with Gasteiger partial charge in [0.05, 0.1) is 17.9 Å². The van der Waals surface area contributed by atoms with Gasteiger partial charge in [0.25, 0.3) is 5.91 Å². The number of hydrogen-bond donors (Lipinski definition) is 1. The van der Waals surface area contributed by atoms with Crippen LogP contribution < -0.4 is 5.32 Å². The number of rotatable bonds is 4. The van der Waals surface area contributed by atoms with Gasteiger partial charge >= 0.3 is 5.97 Å². The van der Waals surface area contributed by atoms with Crippen molar-refractivity contribution in [2.24, 2.45) is 0 Å². The molecular weight excluding hydrogens is 278 g/mol. The van der Waals surface area contributed by atoms with Crippen molar-refractivity contribution >= 4 is 17.6 Å². The fourth-order valence-electron chi connectivity index (χ4n) is 2.17. The molecule has 2 aromatic rings. The van der Waals surface area contributed by atoms with Crippen LogP contribution in [0.5, 0.6) is 0 Å². The Bertz CT molecular complexity index is 693. The van der Waals surface area contributed by atoms with Crippen LogP contribution in [0.15, 0.2) is 42.5 Å². The summed E-state index contributed by atoms with van der Waals surface area (Å²) in [7, 11) is 0. The molecule has 0 radical (unpaired) electrons. The van der Waals surface area contributed by atoms with E-state index in [0.717, 1.165) is 11.1 Å². The molecule has 0 aromatic heterocycles. The number of aryl methyl sites for hydroxylation is 1. The van der Waals surface area contributed by atoms with E-state index in [0.29, 0.717) is 16.8 Å². The zero-order valence-electron chi connectivity index (χ0n) is 13.0. The molecule has 4 heteroatoms. The molecule has 4 nitrogen and oxygen atoms in total. The van der Waals surface area contributed by atoms with Gasteiger partial charge in [-0.15, -0.1) is 0 Å². The summed E-state index contributed by atoms with van der Waals surface area (Å²) in [5, 5.41) is 2.79. The molecular formula is C18H19NO3. The van der Waals surface area contributed by atoms with E-state index in [2.05, 4.69) is 5.32 Å². The first kappa shape index (κ1) is 15.8. The molecule has 0 saturated carbocycles. The Balaban J connectivity index is 2.37. The second-order valence-electron chi connectivity index (χ2n) is 4.97. The van der Waals surface area contributed by atoms with Crippen LogP contribution in [-0.4, -0.2) is 18.5 Å². The summed E-state index contributed by atoms with van der Waals surface area (Å²) in [6.07, 6.45) is 0. The van der Waals surface area contributed by atoms with E-state index in [9.17, 15) is 9.59 Å². The summed E-state index contributed by atoms with van der Waals surface area (Å²) < 4.78 is 5.10. The summed E-state index contributed by atoms with van der Waals surface area (Å²) in [6.45, 7) is 5.81. The maximum atomic E-state index is 12.3. The number of ether oxygens (including phenoxy) is 1. The van der Waals surface area contributed by atoms with Crippen molar-refractivity contribution in [2.45, 2.75) is 20.8 Å². The van der Waals surface area contributed by atoms with Gasteiger partial charge < -0.3 is 10.1 Å². The summed E-state index contributed by atoms with van der Waals surface area (Å²) in [6, 6.07) is 12.5. The van der Waals surface area contributed by atoms with Gasteiger partial charge in [0, 0.05) is 5.56 Å². The Morgan fingerprint density at radius 2 is 1.73 bits per heavy atom. The lowest BCUT2D eigenvalue weighted by Crippen LogP contribution is -2.17. The number of amides is 1. The third kappa shape index (κ3) is 3.34. The molecule has 0 heterocycles. The highest BCUT2D eigenvalue weighted by atomic mass is 16.5. The third-order valence-corrected chi connectivity index (χ3v) is 3.50. The first-order valence-electron chi connectivity index (χ1n) is 7.18. The summed E-state index contributed by atoms with van der Waals surface area (Å²) >= 11 is 0. The van der Waals surface area contributed by atoms with Gasteiger partial charge in [0.15, 0.2) is 0 Å². The van der Waals surface area contributed by atoms with Crippen molar-refractivity contribution in [1.29, 1.82) is 0 Å². The van der Waals surface area contributed by atoms with Gasteiger partial charge in [-0.2, -0.15) is 0 Å². The molecule has 0 aliphatic heterocycles. The minimum absolute atomic E-state index is 0.255. The minimum atomic E-state index is -0.424. The average Bonchev–Trinajstić information content (AvgIpc) is 2.52. The Hall–Kier alpha value is -2.62. The zero-order valence-corrected chi connectivity index (χ0v) is 13.0. The first-order chi connectivity index (χ1) is 10.5. The predicted molar refractivity (Wildman–Crippen MR) is 86.3 cm³/mol. The van der Waals surface area contributed by atoms with Crippen molar-refractivity contribution < 1.29 is 14.3 Å². The molecule has 0 atom stereocenters. The van der Waals surface area contributed by atoms with Crippen LogP contribution in [0.3, 0.4) is 0 Å². The quantitative estimate of drug-likeness (QED) is 0.875. The van der Waals surface area contributed by atoms with E-state index in [1.807, 2.05) is 26.0 Å². The zero-order chi connectivity index (χ0) is 16.1. The lowest BCUT2D eigenvalue weighted by Gasteiger charge is -2.14. The van der Waals surface area contributed by atoms with E-state index in [1.165, 1.54) is 0 Å². The molecule has 2 rings (SSSR count). The topological polar surface area (TPSA) is 55.4 Å². The maximum absolute atomic E-state index is 12.3. The summed E-state index contributed by atoms with van der Waals surface area (Å²) in [5.41, 5.74) is 3.20. The number of anilines is 1. The third-order valence-electron chi connectivity index (χ3n) is 3.50. The molecule has 0 aliphatic rings. The Labute approximate surface area is 130 Å². The van der Waals surface area contributed by atoms with Crippen molar-refractivity contribution in [3.05, 3.63) is 64.7 Å². The maximum Gasteiger partial charge on any atom is 0.340 e. The van der Waals surface area contributed by atoms with Gasteiger partial charge in [-0.05, 0) is 50.1 Å². The SMILES string of the molecule is CCOC(=O)c1c(NC(=O)c2ccccc2)ccc(C)c1C. The molecule has 0 aliphatic carbocycles. The van der Waals surface area contributed by atoms with Gasteiger partial charge in [-0.25, -0.2) is 4.79 Å². The minimum Gasteiger partial charge on any atom is -0.462 e. The molecule has 0 spiro atoms. The number of carbonyl (C=O) groups is 2. The summed E-state index contributed by atoms with van der Waals surface area (Å²) in [4.78, 5) is 24.5. The predicted octanol–water partition coefficient (Wildman–Crippen LogP) is 3.73. The lowest BCUT2D eigenvalue weighted by atomic mass is 10.0. The lowest BCUT2D eigenvalue weighted by molar-refractivity contribution is 0.0526. The van der Waals surface area contributed by atoms with E-state index in [4.69, 9.17) is 4.74 Å². The molecule has 114 valence electrons. The van der Waals surface area contributed by atoms with Gasteiger partial charge in [-0.1, -0.05) is 24.3 Å². The number of esters is 1. The van der Waals surface area contributed by atoms with Crippen LogP contribution in [0.25, 0.3) is 0 Å². The average molecular weight is 297 g/mol. The molecule has 0 unspecified atom stereocenters. The number of carbonyl (C=O) groups excluding carboxylic acids is 2. The van der Waals surface area contributed by atoms with Gasteiger partial charge in [0.2, 0.25) is 0 Å².